The van der Waals surface area contributed by atoms with Crippen LogP contribution >= 0.6 is 22.6 Å². The lowest BCUT2D eigenvalue weighted by Crippen LogP contribution is -2.21. The first-order chi connectivity index (χ1) is 10.6. The van der Waals surface area contributed by atoms with Crippen molar-refractivity contribution in [2.75, 3.05) is 14.2 Å². The second-order valence-corrected chi connectivity index (χ2v) is 5.41. The van der Waals surface area contributed by atoms with Crippen LogP contribution in [0.5, 0.6) is 11.5 Å². The molecular weight excluding hydrogens is 399 g/mol. The largest absolute Gasteiger partial charge is 0.493 e. The Labute approximate surface area is 141 Å². The van der Waals surface area contributed by atoms with Crippen molar-refractivity contribution in [3.05, 3.63) is 39.2 Å². The standard InChI is InChI=1S/C14H15IN4O3/c1-19-12(10(15)8-17-19)14(20)18-16-7-9-5-4-6-11(21-2)13(9)22-3/h4-8H,1-3H3,(H,18,20)/b16-7-. The number of para-hydroxylation sites is 1. The predicted octanol–water partition coefficient (Wildman–Crippen LogP) is 1.81. The van der Waals surface area contributed by atoms with Crippen LogP contribution in [0, 0.1) is 3.57 Å². The van der Waals surface area contributed by atoms with E-state index in [1.54, 1.807) is 33.5 Å². The van der Waals surface area contributed by atoms with Crippen molar-refractivity contribution >= 4 is 34.7 Å². The zero-order valence-corrected chi connectivity index (χ0v) is 14.5. The van der Waals surface area contributed by atoms with Crippen molar-refractivity contribution in [2.45, 2.75) is 0 Å². The number of hydrazone groups is 1. The number of hydrogen-bond acceptors (Lipinski definition) is 5. The molecule has 0 spiro atoms. The summed E-state index contributed by atoms with van der Waals surface area (Å²) in [6.07, 6.45) is 3.12. The molecule has 0 aliphatic heterocycles. The number of rotatable bonds is 5. The summed E-state index contributed by atoms with van der Waals surface area (Å²) < 4.78 is 12.8. The molecule has 0 fully saturated rings. The van der Waals surface area contributed by atoms with Crippen molar-refractivity contribution in [3.63, 3.8) is 0 Å². The minimum absolute atomic E-state index is 0.331. The Kier molecular flexibility index (Phi) is 5.36. The summed E-state index contributed by atoms with van der Waals surface area (Å²) in [7, 11) is 4.81. The number of aryl methyl sites for hydroxylation is 1. The molecular formula is C14H15IN4O3. The van der Waals surface area contributed by atoms with Crippen molar-refractivity contribution in [1.29, 1.82) is 0 Å². The van der Waals surface area contributed by atoms with Crippen molar-refractivity contribution in [1.82, 2.24) is 15.2 Å². The Morgan fingerprint density at radius 1 is 1.41 bits per heavy atom. The lowest BCUT2D eigenvalue weighted by atomic mass is 10.2. The molecule has 0 aliphatic rings. The van der Waals surface area contributed by atoms with Crippen LogP contribution in [0.2, 0.25) is 0 Å². The number of amides is 1. The Morgan fingerprint density at radius 2 is 2.18 bits per heavy atom. The van der Waals surface area contributed by atoms with Crippen LogP contribution in [0.15, 0.2) is 29.5 Å². The minimum atomic E-state index is -0.331. The van der Waals surface area contributed by atoms with Crippen LogP contribution in [0.3, 0.4) is 0 Å². The van der Waals surface area contributed by atoms with Gasteiger partial charge in [-0.25, -0.2) is 5.43 Å². The van der Waals surface area contributed by atoms with E-state index in [-0.39, 0.29) is 5.91 Å². The van der Waals surface area contributed by atoms with Gasteiger partial charge in [0.05, 0.1) is 30.2 Å². The number of methoxy groups -OCH3 is 2. The van der Waals surface area contributed by atoms with E-state index >= 15 is 0 Å². The van der Waals surface area contributed by atoms with Crippen molar-refractivity contribution < 1.29 is 14.3 Å². The van der Waals surface area contributed by atoms with Gasteiger partial charge in [0.25, 0.3) is 5.91 Å². The van der Waals surface area contributed by atoms with E-state index in [2.05, 4.69) is 15.6 Å². The number of aromatic nitrogens is 2. The Hall–Kier alpha value is -2.10. The zero-order chi connectivity index (χ0) is 16.1. The summed E-state index contributed by atoms with van der Waals surface area (Å²) in [5.41, 5.74) is 3.62. The number of nitrogens with zero attached hydrogens (tertiary/aromatic N) is 3. The van der Waals surface area contributed by atoms with Crippen LogP contribution in [-0.2, 0) is 7.05 Å². The molecule has 0 bridgehead atoms. The number of carbonyl (C=O) groups is 1. The van der Waals surface area contributed by atoms with E-state index in [0.29, 0.717) is 22.8 Å². The second-order valence-electron chi connectivity index (χ2n) is 4.25. The van der Waals surface area contributed by atoms with Crippen molar-refractivity contribution in [3.8, 4) is 11.5 Å². The van der Waals surface area contributed by atoms with Crippen LogP contribution in [0.4, 0.5) is 0 Å². The average molecular weight is 414 g/mol. The Morgan fingerprint density at radius 3 is 2.77 bits per heavy atom. The molecule has 2 rings (SSSR count). The van der Waals surface area contributed by atoms with Gasteiger partial charge in [-0.05, 0) is 34.7 Å². The maximum atomic E-state index is 12.1. The number of nitrogens with one attached hydrogen (secondary N) is 1. The second kappa shape index (κ2) is 7.25. The fourth-order valence-electron chi connectivity index (χ4n) is 1.89. The topological polar surface area (TPSA) is 77.7 Å². The van der Waals surface area contributed by atoms with Gasteiger partial charge in [-0.3, -0.25) is 9.48 Å². The molecule has 0 radical (unpaired) electrons. The van der Waals surface area contributed by atoms with Crippen LogP contribution in [0.1, 0.15) is 16.1 Å². The maximum absolute atomic E-state index is 12.1. The van der Waals surface area contributed by atoms with Gasteiger partial charge in [-0.15, -0.1) is 0 Å². The fourth-order valence-corrected chi connectivity index (χ4v) is 2.61. The van der Waals surface area contributed by atoms with E-state index in [1.807, 2.05) is 34.7 Å². The van der Waals surface area contributed by atoms with E-state index in [1.165, 1.54) is 10.9 Å². The highest BCUT2D eigenvalue weighted by Gasteiger charge is 2.14. The molecule has 0 saturated heterocycles. The van der Waals surface area contributed by atoms with Gasteiger partial charge in [-0.2, -0.15) is 10.2 Å². The molecule has 0 unspecified atom stereocenters. The van der Waals surface area contributed by atoms with E-state index in [0.717, 1.165) is 3.57 Å². The molecule has 8 heteroatoms. The summed E-state index contributed by atoms with van der Waals surface area (Å²) >= 11 is 2.05. The molecule has 116 valence electrons. The van der Waals surface area contributed by atoms with Crippen molar-refractivity contribution in [2.24, 2.45) is 12.1 Å². The number of hydrogen-bond donors (Lipinski definition) is 1. The molecule has 2 aromatic rings. The van der Waals surface area contributed by atoms with Gasteiger partial charge in [-0.1, -0.05) is 6.07 Å². The normalized spacial score (nSPS) is 10.7. The van der Waals surface area contributed by atoms with E-state index < -0.39 is 0 Å². The molecule has 0 aliphatic carbocycles. The Balaban J connectivity index is 2.15. The first kappa shape index (κ1) is 16.3. The molecule has 1 aromatic heterocycles. The summed E-state index contributed by atoms with van der Waals surface area (Å²) in [5, 5.41) is 7.97. The third-order valence-electron chi connectivity index (χ3n) is 2.91. The minimum Gasteiger partial charge on any atom is -0.493 e. The quantitative estimate of drug-likeness (QED) is 0.460. The SMILES string of the molecule is COc1cccc(/C=N\NC(=O)c2c(I)cnn2C)c1OC. The number of halogens is 1. The summed E-state index contributed by atoms with van der Waals surface area (Å²) in [6.45, 7) is 0. The summed E-state index contributed by atoms with van der Waals surface area (Å²) in [6, 6.07) is 5.41. The molecule has 1 heterocycles. The molecule has 0 atom stereocenters. The monoisotopic (exact) mass is 414 g/mol. The van der Waals surface area contributed by atoms with Gasteiger partial charge in [0.15, 0.2) is 11.5 Å². The van der Waals surface area contributed by atoms with Gasteiger partial charge in [0, 0.05) is 12.6 Å². The first-order valence-corrected chi connectivity index (χ1v) is 7.38. The highest BCUT2D eigenvalue weighted by Crippen LogP contribution is 2.29. The summed E-state index contributed by atoms with van der Waals surface area (Å²) in [4.78, 5) is 12.1. The first-order valence-electron chi connectivity index (χ1n) is 6.30. The maximum Gasteiger partial charge on any atom is 0.290 e. The summed E-state index contributed by atoms with van der Waals surface area (Å²) in [5.74, 6) is 0.819. The Bertz CT molecular complexity index is 693. The highest BCUT2D eigenvalue weighted by atomic mass is 127. The third-order valence-corrected chi connectivity index (χ3v) is 3.70. The lowest BCUT2D eigenvalue weighted by Gasteiger charge is -2.09. The average Bonchev–Trinajstić information content (AvgIpc) is 2.85. The highest BCUT2D eigenvalue weighted by molar-refractivity contribution is 14.1. The smallest absolute Gasteiger partial charge is 0.290 e. The molecule has 1 amide bonds. The van der Waals surface area contributed by atoms with E-state index in [4.69, 9.17) is 9.47 Å². The van der Waals surface area contributed by atoms with Gasteiger partial charge in [0.1, 0.15) is 5.69 Å². The molecule has 1 aromatic carbocycles. The predicted molar refractivity (Wildman–Crippen MR) is 90.5 cm³/mol. The van der Waals surface area contributed by atoms with E-state index in [9.17, 15) is 4.79 Å². The van der Waals surface area contributed by atoms with Crippen LogP contribution in [-0.4, -0.2) is 36.1 Å². The molecule has 1 N–H and O–H groups in total. The van der Waals surface area contributed by atoms with Gasteiger partial charge >= 0.3 is 0 Å². The fraction of sp³-hybridized carbons (Fsp3) is 0.214. The number of ether oxygens (including phenoxy) is 2. The van der Waals surface area contributed by atoms with Crippen LogP contribution < -0.4 is 14.9 Å². The molecule has 7 nitrogen and oxygen atoms in total. The zero-order valence-electron chi connectivity index (χ0n) is 12.3. The molecule has 0 saturated carbocycles. The third kappa shape index (κ3) is 3.38. The number of benzene rings is 1. The lowest BCUT2D eigenvalue weighted by molar-refractivity contribution is 0.0945. The number of carbonyl (C=O) groups excluding carboxylic acids is 1. The van der Waals surface area contributed by atoms with Gasteiger partial charge < -0.3 is 9.47 Å². The molecule has 22 heavy (non-hydrogen) atoms. The van der Waals surface area contributed by atoms with Crippen LogP contribution in [0.25, 0.3) is 0 Å². The van der Waals surface area contributed by atoms with Gasteiger partial charge in [0.2, 0.25) is 0 Å².